The van der Waals surface area contributed by atoms with Gasteiger partial charge in [-0.15, -0.1) is 0 Å². The van der Waals surface area contributed by atoms with Gasteiger partial charge in [-0.2, -0.15) is 0 Å². The number of ether oxygens (including phenoxy) is 2. The largest absolute Gasteiger partial charge is 0.464 e. The molecule has 0 spiro atoms. The van der Waals surface area contributed by atoms with Crippen LogP contribution in [0.2, 0.25) is 5.02 Å². The molecule has 268 valence electrons. The van der Waals surface area contributed by atoms with Crippen molar-refractivity contribution in [3.63, 3.8) is 0 Å². The van der Waals surface area contributed by atoms with Crippen molar-refractivity contribution < 1.29 is 32.7 Å². The van der Waals surface area contributed by atoms with Gasteiger partial charge in [-0.3, -0.25) is 9.51 Å². The van der Waals surface area contributed by atoms with Gasteiger partial charge in [-0.25, -0.2) is 19.1 Å². The number of aromatic nitrogens is 3. The van der Waals surface area contributed by atoms with E-state index in [0.29, 0.717) is 23.1 Å². The van der Waals surface area contributed by atoms with Gasteiger partial charge in [0.2, 0.25) is 0 Å². The molecule has 1 unspecified atom stereocenters. The first-order chi connectivity index (χ1) is 24.0. The minimum Gasteiger partial charge on any atom is -0.464 e. The molecule has 0 aliphatic rings. The Labute approximate surface area is 303 Å². The molecule has 4 aromatic rings. The van der Waals surface area contributed by atoms with Crippen molar-refractivity contribution in [3.8, 4) is 5.75 Å². The molecule has 1 amide bonds. The third-order valence-electron chi connectivity index (χ3n) is 7.35. The number of para-hydroxylation sites is 1. The van der Waals surface area contributed by atoms with E-state index in [2.05, 4.69) is 41.7 Å². The molecule has 0 fully saturated rings. The van der Waals surface area contributed by atoms with E-state index in [1.807, 2.05) is 24.3 Å². The van der Waals surface area contributed by atoms with E-state index < -0.39 is 25.8 Å². The number of amides is 1. The molecule has 0 saturated carbocycles. The van der Waals surface area contributed by atoms with Crippen LogP contribution in [-0.4, -0.2) is 52.0 Å². The Balaban J connectivity index is 1.45. The highest BCUT2D eigenvalue weighted by Gasteiger charge is 2.32. The molecule has 0 aliphatic carbocycles. The average Bonchev–Trinajstić information content (AvgIpc) is 3.42. The number of benzene rings is 2. The number of alkyl carbamates (subject to hydrolysis) is 1. The highest BCUT2D eigenvalue weighted by molar-refractivity contribution is 7.99. The number of rotatable bonds is 18. The van der Waals surface area contributed by atoms with Crippen molar-refractivity contribution in [2.24, 2.45) is 0 Å². The molecule has 11 nitrogen and oxygen atoms in total. The quantitative estimate of drug-likeness (QED) is 0.0600. The van der Waals surface area contributed by atoms with Gasteiger partial charge in [0, 0.05) is 28.9 Å². The van der Waals surface area contributed by atoms with E-state index in [1.54, 1.807) is 61.4 Å². The van der Waals surface area contributed by atoms with Crippen molar-refractivity contribution in [2.45, 2.75) is 82.6 Å². The van der Waals surface area contributed by atoms with Gasteiger partial charge >= 0.3 is 19.7 Å². The molecule has 4 rings (SSSR count). The van der Waals surface area contributed by atoms with Crippen LogP contribution in [0.5, 0.6) is 5.75 Å². The molecule has 0 aliphatic heterocycles. The van der Waals surface area contributed by atoms with Gasteiger partial charge in [0.05, 0.1) is 25.0 Å². The Morgan fingerprint density at radius 1 is 1.00 bits per heavy atom. The Morgan fingerprint density at radius 3 is 2.42 bits per heavy atom. The van der Waals surface area contributed by atoms with E-state index in [0.717, 1.165) is 33.2 Å². The van der Waals surface area contributed by atoms with E-state index >= 15 is 0 Å². The highest BCUT2D eigenvalue weighted by atomic mass is 35.5. The van der Waals surface area contributed by atoms with Gasteiger partial charge in [-0.1, -0.05) is 62.3 Å². The molecule has 0 radical (unpaired) electrons. The summed E-state index contributed by atoms with van der Waals surface area (Å²) >= 11 is 8.04. The van der Waals surface area contributed by atoms with Crippen LogP contribution in [0.4, 0.5) is 4.79 Å². The van der Waals surface area contributed by atoms with Gasteiger partial charge in [0.15, 0.2) is 12.7 Å². The maximum absolute atomic E-state index is 13.7. The van der Waals surface area contributed by atoms with E-state index in [4.69, 9.17) is 35.1 Å². The van der Waals surface area contributed by atoms with Crippen molar-refractivity contribution in [1.82, 2.24) is 19.9 Å². The fourth-order valence-corrected chi connectivity index (χ4v) is 8.28. The highest BCUT2D eigenvalue weighted by Crippen LogP contribution is 2.50. The summed E-state index contributed by atoms with van der Waals surface area (Å²) in [5, 5.41) is 4.31. The van der Waals surface area contributed by atoms with Crippen molar-refractivity contribution in [3.05, 3.63) is 101 Å². The third-order valence-corrected chi connectivity index (χ3v) is 10.7. The summed E-state index contributed by atoms with van der Waals surface area (Å²) in [5.74, 6) is 0.369. The van der Waals surface area contributed by atoms with Crippen LogP contribution in [-0.2, 0) is 42.9 Å². The fourth-order valence-electron chi connectivity index (χ4n) is 4.88. The predicted molar refractivity (Wildman–Crippen MR) is 194 cm³/mol. The zero-order valence-electron chi connectivity index (χ0n) is 29.0. The lowest BCUT2D eigenvalue weighted by Gasteiger charge is -2.22. The predicted octanol–water partition coefficient (Wildman–Crippen LogP) is 8.67. The minimum atomic E-state index is -3.81. The lowest BCUT2D eigenvalue weighted by molar-refractivity contribution is -0.150. The number of halogens is 1. The second kappa shape index (κ2) is 19.0. The molecule has 2 aromatic carbocycles. The van der Waals surface area contributed by atoms with Crippen molar-refractivity contribution in [1.29, 1.82) is 0 Å². The van der Waals surface area contributed by atoms with Crippen LogP contribution in [0.3, 0.4) is 0 Å². The Kier molecular flexibility index (Phi) is 14.8. The summed E-state index contributed by atoms with van der Waals surface area (Å²) in [6, 6.07) is 18.5. The van der Waals surface area contributed by atoms with Gasteiger partial charge in [-0.05, 0) is 86.2 Å². The number of nitrogens with one attached hydrogen (secondary N) is 1. The van der Waals surface area contributed by atoms with Gasteiger partial charge in [0.25, 0.3) is 0 Å². The Hall–Kier alpha value is -3.83. The molecule has 2 aromatic heterocycles. The maximum Gasteiger partial charge on any atom is 0.407 e. The van der Waals surface area contributed by atoms with Crippen LogP contribution < -0.4 is 9.84 Å². The van der Waals surface area contributed by atoms with Gasteiger partial charge < -0.3 is 23.9 Å². The summed E-state index contributed by atoms with van der Waals surface area (Å²) in [4.78, 5) is 35.1. The summed E-state index contributed by atoms with van der Waals surface area (Å²) < 4.78 is 37.7. The second-order valence-corrected chi connectivity index (χ2v) is 15.2. The van der Waals surface area contributed by atoms with Crippen LogP contribution >= 0.6 is 31.0 Å². The summed E-state index contributed by atoms with van der Waals surface area (Å²) in [6.07, 6.45) is 2.72. The summed E-state index contributed by atoms with van der Waals surface area (Å²) in [7, 11) is -3.81. The molecule has 2 atom stereocenters. The molecule has 2 heterocycles. The van der Waals surface area contributed by atoms with Crippen LogP contribution in [0.1, 0.15) is 69.6 Å². The first-order valence-corrected chi connectivity index (χ1v) is 19.5. The topological polar surface area (TPSA) is 131 Å². The van der Waals surface area contributed by atoms with Crippen LogP contribution in [0.15, 0.2) is 83.0 Å². The number of imidazole rings is 1. The maximum atomic E-state index is 13.7. The first-order valence-electron chi connectivity index (χ1n) is 16.5. The number of hydrogen-bond donors (Lipinski definition) is 1. The first kappa shape index (κ1) is 39.0. The standard InChI is InChI=1S/C36H44ClN4O7PS/c1-6-27-20-29(37)22-31(21-27)50-34-33(25(3)4)40-32(41(34)23-28-14-17-38-18-15-28)24-46-36(43)39-16-11-19-49(44,47-26(5)35(42)45-7-2)48-30-12-9-8-10-13-30/h8-10,12-15,17-18,20-22,25-26H,6-7,11,16,19,23-24H2,1-5H3,(H,39,43)/t26-,49?/m0/s1. The number of esters is 1. The molecular formula is C36H44ClN4O7PS. The molecule has 50 heavy (non-hydrogen) atoms. The molecule has 1 N–H and O–H groups in total. The van der Waals surface area contributed by atoms with E-state index in [-0.39, 0.29) is 38.3 Å². The molecular weight excluding hydrogens is 699 g/mol. The SMILES string of the molecule is CCOC(=O)[C@H](C)OP(=O)(CCCNC(=O)OCc1nc(C(C)C)c(Sc2cc(Cl)cc(CC)c2)n1Cc1ccncc1)Oc1ccccc1. The average molecular weight is 743 g/mol. The van der Waals surface area contributed by atoms with Crippen molar-refractivity contribution in [2.75, 3.05) is 19.3 Å². The minimum absolute atomic E-state index is 0.0656. The van der Waals surface area contributed by atoms with E-state index in [9.17, 15) is 14.2 Å². The number of carbonyl (C=O) groups is 2. The van der Waals surface area contributed by atoms with Crippen LogP contribution in [0, 0.1) is 0 Å². The monoisotopic (exact) mass is 742 g/mol. The molecule has 14 heteroatoms. The van der Waals surface area contributed by atoms with Crippen molar-refractivity contribution >= 4 is 43.0 Å². The normalized spacial score (nSPS) is 13.0. The Morgan fingerprint density at radius 2 is 1.74 bits per heavy atom. The lowest BCUT2D eigenvalue weighted by atomic mass is 10.1. The summed E-state index contributed by atoms with van der Waals surface area (Å²) in [5.41, 5.74) is 3.03. The zero-order valence-corrected chi connectivity index (χ0v) is 31.4. The zero-order chi connectivity index (χ0) is 36.1. The molecule has 0 bridgehead atoms. The van der Waals surface area contributed by atoms with Crippen LogP contribution in [0.25, 0.3) is 0 Å². The molecule has 0 saturated heterocycles. The second-order valence-electron chi connectivity index (χ2n) is 11.7. The number of nitrogens with zero attached hydrogens (tertiary/aromatic N) is 3. The number of hydrogen-bond acceptors (Lipinski definition) is 10. The number of carbonyl (C=O) groups excluding carboxylic acids is 2. The fraction of sp³-hybridized carbons (Fsp3) is 0.389. The lowest BCUT2D eigenvalue weighted by Crippen LogP contribution is -2.27. The summed E-state index contributed by atoms with van der Waals surface area (Å²) in [6.45, 7) is 10.1. The van der Waals surface area contributed by atoms with Gasteiger partial charge in [0.1, 0.15) is 16.6 Å². The Bertz CT molecular complexity index is 1760. The van der Waals surface area contributed by atoms with E-state index in [1.165, 1.54) is 6.92 Å². The number of aryl methyl sites for hydroxylation is 1. The smallest absolute Gasteiger partial charge is 0.407 e. The number of pyridine rings is 1. The third kappa shape index (κ3) is 11.6.